The van der Waals surface area contributed by atoms with Gasteiger partial charge < -0.3 is 5.32 Å². The average molecular weight is 284 g/mol. The highest BCUT2D eigenvalue weighted by molar-refractivity contribution is 9.10. The van der Waals surface area contributed by atoms with Gasteiger partial charge in [0.15, 0.2) is 0 Å². The Morgan fingerprint density at radius 1 is 1.50 bits per heavy atom. The Morgan fingerprint density at radius 3 is 2.94 bits per heavy atom. The van der Waals surface area contributed by atoms with Crippen molar-refractivity contribution in [3.8, 4) is 0 Å². The molecule has 0 fully saturated rings. The lowest BCUT2D eigenvalue weighted by Gasteiger charge is -2.04. The number of halogens is 2. The van der Waals surface area contributed by atoms with Crippen molar-refractivity contribution in [2.45, 2.75) is 6.54 Å². The molecule has 0 spiro atoms. The van der Waals surface area contributed by atoms with Gasteiger partial charge in [0, 0.05) is 19.8 Å². The van der Waals surface area contributed by atoms with Crippen LogP contribution < -0.4 is 5.32 Å². The van der Waals surface area contributed by atoms with Gasteiger partial charge in [0.2, 0.25) is 0 Å². The smallest absolute Gasteiger partial charge is 0.137 e. The first-order chi connectivity index (χ1) is 7.65. The number of nitrogens with zero attached hydrogens (tertiary/aromatic N) is 2. The van der Waals surface area contributed by atoms with Crippen molar-refractivity contribution in [2.75, 3.05) is 5.32 Å². The van der Waals surface area contributed by atoms with Crippen LogP contribution in [0.3, 0.4) is 0 Å². The van der Waals surface area contributed by atoms with Gasteiger partial charge in [-0.3, -0.25) is 4.68 Å². The predicted octanol–water partition coefficient (Wildman–Crippen LogP) is 2.93. The van der Waals surface area contributed by atoms with Crippen LogP contribution in [0.15, 0.2) is 35.1 Å². The lowest BCUT2D eigenvalue weighted by Crippen LogP contribution is -1.98. The summed E-state index contributed by atoms with van der Waals surface area (Å²) in [6, 6.07) is 4.96. The van der Waals surface area contributed by atoms with E-state index < -0.39 is 0 Å². The highest BCUT2D eigenvalue weighted by Gasteiger charge is 2.01. The SMILES string of the molecule is Cn1cc(NCc2ccc(F)c(Br)c2)cn1. The number of hydrogen-bond donors (Lipinski definition) is 1. The van der Waals surface area contributed by atoms with Crippen LogP contribution >= 0.6 is 15.9 Å². The van der Waals surface area contributed by atoms with E-state index in [-0.39, 0.29) is 5.82 Å². The summed E-state index contributed by atoms with van der Waals surface area (Å²) in [5.74, 6) is -0.245. The van der Waals surface area contributed by atoms with E-state index in [0.29, 0.717) is 11.0 Å². The molecule has 0 atom stereocenters. The lowest BCUT2D eigenvalue weighted by molar-refractivity contribution is 0.620. The summed E-state index contributed by atoms with van der Waals surface area (Å²) >= 11 is 3.16. The van der Waals surface area contributed by atoms with E-state index in [9.17, 15) is 4.39 Å². The fraction of sp³-hybridized carbons (Fsp3) is 0.182. The van der Waals surface area contributed by atoms with Crippen molar-refractivity contribution in [1.29, 1.82) is 0 Å². The maximum Gasteiger partial charge on any atom is 0.137 e. The Balaban J connectivity index is 2.02. The van der Waals surface area contributed by atoms with Gasteiger partial charge in [0.1, 0.15) is 5.82 Å². The van der Waals surface area contributed by atoms with Crippen LogP contribution in [0.1, 0.15) is 5.56 Å². The summed E-state index contributed by atoms with van der Waals surface area (Å²) in [6.07, 6.45) is 3.64. The Hall–Kier alpha value is -1.36. The number of hydrogen-bond acceptors (Lipinski definition) is 2. The number of aryl methyl sites for hydroxylation is 1. The van der Waals surface area contributed by atoms with Gasteiger partial charge in [-0.25, -0.2) is 4.39 Å². The third kappa shape index (κ3) is 2.61. The van der Waals surface area contributed by atoms with E-state index in [1.165, 1.54) is 6.07 Å². The van der Waals surface area contributed by atoms with Gasteiger partial charge in [-0.1, -0.05) is 6.07 Å². The fourth-order valence-corrected chi connectivity index (χ4v) is 1.79. The first-order valence-corrected chi connectivity index (χ1v) is 5.61. The third-order valence-electron chi connectivity index (χ3n) is 2.19. The van der Waals surface area contributed by atoms with Crippen LogP contribution in [-0.4, -0.2) is 9.78 Å². The molecule has 16 heavy (non-hydrogen) atoms. The van der Waals surface area contributed by atoms with Gasteiger partial charge in [-0.2, -0.15) is 5.10 Å². The Bertz CT molecular complexity index is 496. The van der Waals surface area contributed by atoms with E-state index in [0.717, 1.165) is 11.3 Å². The molecule has 0 aliphatic carbocycles. The molecule has 0 aliphatic heterocycles. The second kappa shape index (κ2) is 4.65. The van der Waals surface area contributed by atoms with Gasteiger partial charge in [-0.15, -0.1) is 0 Å². The van der Waals surface area contributed by atoms with Crippen LogP contribution in [0, 0.1) is 5.82 Å². The fourth-order valence-electron chi connectivity index (χ4n) is 1.37. The molecule has 2 aromatic rings. The summed E-state index contributed by atoms with van der Waals surface area (Å²) in [7, 11) is 1.86. The van der Waals surface area contributed by atoms with Crippen molar-refractivity contribution in [3.05, 3.63) is 46.4 Å². The van der Waals surface area contributed by atoms with Crippen LogP contribution in [0.2, 0.25) is 0 Å². The Kier molecular flexibility index (Phi) is 3.24. The zero-order valence-corrected chi connectivity index (χ0v) is 10.3. The standard InChI is InChI=1S/C11H11BrFN3/c1-16-7-9(6-15-16)14-5-8-2-3-11(13)10(12)4-8/h2-4,6-7,14H,5H2,1H3. The van der Waals surface area contributed by atoms with E-state index >= 15 is 0 Å². The van der Waals surface area contributed by atoms with Crippen molar-refractivity contribution in [3.63, 3.8) is 0 Å². The maximum atomic E-state index is 13.0. The molecular weight excluding hydrogens is 273 g/mol. The van der Waals surface area contributed by atoms with Gasteiger partial charge >= 0.3 is 0 Å². The Morgan fingerprint density at radius 2 is 2.31 bits per heavy atom. The minimum absolute atomic E-state index is 0.245. The molecule has 0 aliphatic rings. The Labute approximate surface area is 101 Å². The molecule has 0 unspecified atom stereocenters. The number of benzene rings is 1. The van der Waals surface area contributed by atoms with Gasteiger partial charge in [0.25, 0.3) is 0 Å². The van der Waals surface area contributed by atoms with Gasteiger partial charge in [-0.05, 0) is 33.6 Å². The molecule has 84 valence electrons. The van der Waals surface area contributed by atoms with Crippen molar-refractivity contribution in [1.82, 2.24) is 9.78 Å². The quantitative estimate of drug-likeness (QED) is 0.939. The molecule has 1 heterocycles. The molecule has 0 saturated heterocycles. The second-order valence-electron chi connectivity index (χ2n) is 3.50. The number of rotatable bonds is 3. The van der Waals surface area contributed by atoms with Crippen LogP contribution in [0.4, 0.5) is 10.1 Å². The van der Waals surface area contributed by atoms with Crippen LogP contribution in [0.5, 0.6) is 0 Å². The maximum absolute atomic E-state index is 13.0. The van der Waals surface area contributed by atoms with Gasteiger partial charge in [0.05, 0.1) is 16.4 Å². The van der Waals surface area contributed by atoms with Crippen LogP contribution in [-0.2, 0) is 13.6 Å². The summed E-state index contributed by atoms with van der Waals surface area (Å²) in [6.45, 7) is 0.643. The largest absolute Gasteiger partial charge is 0.378 e. The van der Waals surface area contributed by atoms with E-state index in [1.54, 1.807) is 23.0 Å². The lowest BCUT2D eigenvalue weighted by atomic mass is 10.2. The minimum atomic E-state index is -0.245. The molecule has 0 bridgehead atoms. The molecule has 2 rings (SSSR count). The van der Waals surface area contributed by atoms with Crippen LogP contribution in [0.25, 0.3) is 0 Å². The zero-order chi connectivity index (χ0) is 11.5. The second-order valence-corrected chi connectivity index (χ2v) is 4.36. The summed E-state index contributed by atoms with van der Waals surface area (Å²) < 4.78 is 15.2. The summed E-state index contributed by atoms with van der Waals surface area (Å²) in [4.78, 5) is 0. The molecule has 1 aromatic carbocycles. The molecule has 0 amide bonds. The highest BCUT2D eigenvalue weighted by Crippen LogP contribution is 2.17. The first kappa shape index (κ1) is 11.1. The first-order valence-electron chi connectivity index (χ1n) is 4.81. The number of aromatic nitrogens is 2. The van der Waals surface area contributed by atoms with E-state index in [2.05, 4.69) is 26.3 Å². The molecular formula is C11H11BrFN3. The van der Waals surface area contributed by atoms with Crippen molar-refractivity contribution < 1.29 is 4.39 Å². The summed E-state index contributed by atoms with van der Waals surface area (Å²) in [5, 5.41) is 7.25. The molecule has 5 heteroatoms. The van der Waals surface area contributed by atoms with E-state index in [1.807, 2.05) is 13.2 Å². The molecule has 3 nitrogen and oxygen atoms in total. The van der Waals surface area contributed by atoms with Crippen molar-refractivity contribution >= 4 is 21.6 Å². The third-order valence-corrected chi connectivity index (χ3v) is 2.79. The molecule has 0 radical (unpaired) electrons. The molecule has 0 saturated carbocycles. The summed E-state index contributed by atoms with van der Waals surface area (Å²) in [5.41, 5.74) is 1.96. The normalized spacial score (nSPS) is 10.4. The molecule has 1 aromatic heterocycles. The molecule has 1 N–H and O–H groups in total. The van der Waals surface area contributed by atoms with Crippen molar-refractivity contribution in [2.24, 2.45) is 7.05 Å². The minimum Gasteiger partial charge on any atom is -0.378 e. The number of anilines is 1. The monoisotopic (exact) mass is 283 g/mol. The highest BCUT2D eigenvalue weighted by atomic mass is 79.9. The zero-order valence-electron chi connectivity index (χ0n) is 8.74. The predicted molar refractivity (Wildman–Crippen MR) is 64.6 cm³/mol. The average Bonchev–Trinajstić information content (AvgIpc) is 2.66. The number of nitrogens with one attached hydrogen (secondary N) is 1. The van der Waals surface area contributed by atoms with E-state index in [4.69, 9.17) is 0 Å². The topological polar surface area (TPSA) is 29.9 Å².